The molecule has 1 N–H and O–H groups in total. The number of anilines is 1. The summed E-state index contributed by atoms with van der Waals surface area (Å²) in [4.78, 5) is 23.4. The molecule has 3 aromatic rings. The van der Waals surface area contributed by atoms with Gasteiger partial charge in [0.25, 0.3) is 0 Å². The van der Waals surface area contributed by atoms with Gasteiger partial charge in [-0.1, -0.05) is 12.1 Å². The van der Waals surface area contributed by atoms with Crippen molar-refractivity contribution >= 4 is 28.3 Å². The number of amides is 1. The van der Waals surface area contributed by atoms with Gasteiger partial charge in [0.05, 0.1) is 18.3 Å². The van der Waals surface area contributed by atoms with E-state index in [1.807, 2.05) is 36.0 Å². The molecule has 0 unspecified atom stereocenters. The second kappa shape index (κ2) is 6.66. The highest BCUT2D eigenvalue weighted by Crippen LogP contribution is 2.18. The van der Waals surface area contributed by atoms with Gasteiger partial charge in [0, 0.05) is 23.1 Å². The lowest BCUT2D eigenvalue weighted by atomic mass is 10.1. The van der Waals surface area contributed by atoms with E-state index < -0.39 is 0 Å². The molecule has 1 amide bonds. The summed E-state index contributed by atoms with van der Waals surface area (Å²) in [5, 5.41) is 8.31. The molecule has 24 heavy (non-hydrogen) atoms. The number of aryl methyl sites for hydroxylation is 2. The Kier molecular flexibility index (Phi) is 4.42. The Labute approximate surface area is 140 Å². The molecule has 0 saturated carbocycles. The molecule has 0 aliphatic heterocycles. The molecule has 0 bridgehead atoms. The largest absolute Gasteiger partial charge is 0.326 e. The smallest absolute Gasteiger partial charge is 0.226 e. The van der Waals surface area contributed by atoms with Gasteiger partial charge in [-0.15, -0.1) is 0 Å². The normalized spacial score (nSPS) is 10.8. The number of hydrogen-bond donors (Lipinski definition) is 1. The third-order valence-electron chi connectivity index (χ3n) is 4.03. The first-order valence-electron chi connectivity index (χ1n) is 7.86. The standard InChI is InChI=1S/C19H19N3O2/c1-13-4-3-5-18-17(13)12-20-22(18)11-10-19(24)21-16-8-6-15(7-9-16)14(2)23/h3-9,12H,10-11H2,1-2H3,(H,21,24). The first-order valence-corrected chi connectivity index (χ1v) is 7.86. The third kappa shape index (κ3) is 3.35. The number of carbonyl (C=O) groups is 2. The lowest BCUT2D eigenvalue weighted by Gasteiger charge is -2.07. The van der Waals surface area contributed by atoms with Crippen LogP contribution in [0.2, 0.25) is 0 Å². The van der Waals surface area contributed by atoms with Gasteiger partial charge in [0.1, 0.15) is 0 Å². The van der Waals surface area contributed by atoms with E-state index in [9.17, 15) is 9.59 Å². The predicted octanol–water partition coefficient (Wildman–Crippen LogP) is 3.58. The molecule has 122 valence electrons. The fourth-order valence-corrected chi connectivity index (χ4v) is 2.65. The van der Waals surface area contributed by atoms with E-state index in [2.05, 4.69) is 10.4 Å². The quantitative estimate of drug-likeness (QED) is 0.731. The first kappa shape index (κ1) is 15.9. The monoisotopic (exact) mass is 321 g/mol. The van der Waals surface area contributed by atoms with Crippen molar-refractivity contribution in [3.8, 4) is 0 Å². The highest BCUT2D eigenvalue weighted by atomic mass is 16.1. The van der Waals surface area contributed by atoms with Crippen molar-refractivity contribution in [3.05, 3.63) is 59.8 Å². The summed E-state index contributed by atoms with van der Waals surface area (Å²) in [7, 11) is 0. The van der Waals surface area contributed by atoms with Gasteiger partial charge in [-0.25, -0.2) is 0 Å². The van der Waals surface area contributed by atoms with Crippen molar-refractivity contribution in [2.24, 2.45) is 0 Å². The Balaban J connectivity index is 1.62. The lowest BCUT2D eigenvalue weighted by Crippen LogP contribution is -2.15. The molecule has 1 heterocycles. The molecule has 0 aliphatic rings. The van der Waals surface area contributed by atoms with E-state index >= 15 is 0 Å². The molecular formula is C19H19N3O2. The highest BCUT2D eigenvalue weighted by Gasteiger charge is 2.08. The zero-order chi connectivity index (χ0) is 17.1. The number of benzene rings is 2. The number of carbonyl (C=O) groups excluding carboxylic acids is 2. The molecule has 5 heteroatoms. The maximum absolute atomic E-state index is 12.1. The molecule has 0 radical (unpaired) electrons. The third-order valence-corrected chi connectivity index (χ3v) is 4.03. The Bertz CT molecular complexity index is 895. The summed E-state index contributed by atoms with van der Waals surface area (Å²) in [6, 6.07) is 12.9. The van der Waals surface area contributed by atoms with Crippen LogP contribution in [-0.2, 0) is 11.3 Å². The van der Waals surface area contributed by atoms with E-state index in [4.69, 9.17) is 0 Å². The van der Waals surface area contributed by atoms with Gasteiger partial charge < -0.3 is 5.32 Å². The second-order valence-electron chi connectivity index (χ2n) is 5.81. The maximum atomic E-state index is 12.1. The zero-order valence-electron chi connectivity index (χ0n) is 13.7. The van der Waals surface area contributed by atoms with E-state index in [0.717, 1.165) is 10.9 Å². The van der Waals surface area contributed by atoms with Crippen LogP contribution in [0, 0.1) is 6.92 Å². The average Bonchev–Trinajstić information content (AvgIpc) is 2.98. The number of Topliss-reactive ketones (excluding diaryl/α,β-unsaturated/α-hetero) is 1. The molecule has 1 aromatic heterocycles. The summed E-state index contributed by atoms with van der Waals surface area (Å²) >= 11 is 0. The van der Waals surface area contributed by atoms with Gasteiger partial charge in [-0.2, -0.15) is 5.10 Å². The molecular weight excluding hydrogens is 302 g/mol. The summed E-state index contributed by atoms with van der Waals surface area (Å²) in [6.45, 7) is 4.08. The summed E-state index contributed by atoms with van der Waals surface area (Å²) in [5.74, 6) is -0.0735. The van der Waals surface area contributed by atoms with Gasteiger partial charge in [-0.3, -0.25) is 14.3 Å². The minimum Gasteiger partial charge on any atom is -0.326 e. The molecule has 0 spiro atoms. The predicted molar refractivity (Wildman–Crippen MR) is 94.2 cm³/mol. The number of nitrogens with one attached hydrogen (secondary N) is 1. The van der Waals surface area contributed by atoms with E-state index in [1.165, 1.54) is 12.5 Å². The van der Waals surface area contributed by atoms with Crippen LogP contribution in [0.3, 0.4) is 0 Å². The van der Waals surface area contributed by atoms with Crippen molar-refractivity contribution in [2.45, 2.75) is 26.8 Å². The van der Waals surface area contributed by atoms with Crippen molar-refractivity contribution < 1.29 is 9.59 Å². The maximum Gasteiger partial charge on any atom is 0.226 e. The van der Waals surface area contributed by atoms with Crippen LogP contribution in [0.4, 0.5) is 5.69 Å². The summed E-state index contributed by atoms with van der Waals surface area (Å²) in [6.07, 6.45) is 2.17. The highest BCUT2D eigenvalue weighted by molar-refractivity contribution is 5.95. The molecule has 2 aromatic carbocycles. The number of rotatable bonds is 5. The van der Waals surface area contributed by atoms with Crippen molar-refractivity contribution in [2.75, 3.05) is 5.32 Å². The molecule has 0 fully saturated rings. The lowest BCUT2D eigenvalue weighted by molar-refractivity contribution is -0.116. The van der Waals surface area contributed by atoms with E-state index in [1.54, 1.807) is 24.3 Å². The zero-order valence-corrected chi connectivity index (χ0v) is 13.7. The minimum absolute atomic E-state index is 0.00808. The van der Waals surface area contributed by atoms with Gasteiger partial charge in [0.2, 0.25) is 5.91 Å². The Morgan fingerprint density at radius 3 is 2.58 bits per heavy atom. The SMILES string of the molecule is CC(=O)c1ccc(NC(=O)CCn2ncc3c(C)cccc32)cc1. The number of nitrogens with zero attached hydrogens (tertiary/aromatic N) is 2. The van der Waals surface area contributed by atoms with Crippen LogP contribution < -0.4 is 5.32 Å². The van der Waals surface area contributed by atoms with Crippen LogP contribution in [0.15, 0.2) is 48.7 Å². The van der Waals surface area contributed by atoms with Crippen LogP contribution in [-0.4, -0.2) is 21.5 Å². The second-order valence-corrected chi connectivity index (χ2v) is 5.81. The van der Waals surface area contributed by atoms with Crippen LogP contribution >= 0.6 is 0 Å². The van der Waals surface area contributed by atoms with Crippen molar-refractivity contribution in [1.82, 2.24) is 9.78 Å². The average molecular weight is 321 g/mol. The van der Waals surface area contributed by atoms with E-state index in [-0.39, 0.29) is 11.7 Å². The van der Waals surface area contributed by atoms with Crippen molar-refractivity contribution in [1.29, 1.82) is 0 Å². The Hall–Kier alpha value is -2.95. The summed E-state index contributed by atoms with van der Waals surface area (Å²) < 4.78 is 1.85. The number of aromatic nitrogens is 2. The van der Waals surface area contributed by atoms with Gasteiger partial charge in [-0.05, 0) is 49.7 Å². The van der Waals surface area contributed by atoms with Gasteiger partial charge in [0.15, 0.2) is 5.78 Å². The molecule has 5 nitrogen and oxygen atoms in total. The van der Waals surface area contributed by atoms with Crippen LogP contribution in [0.1, 0.15) is 29.3 Å². The van der Waals surface area contributed by atoms with Crippen LogP contribution in [0.25, 0.3) is 10.9 Å². The first-order chi connectivity index (χ1) is 11.5. The van der Waals surface area contributed by atoms with Gasteiger partial charge >= 0.3 is 0 Å². The molecule has 0 aliphatic carbocycles. The topological polar surface area (TPSA) is 64.0 Å². The van der Waals surface area contributed by atoms with Crippen molar-refractivity contribution in [3.63, 3.8) is 0 Å². The number of hydrogen-bond acceptors (Lipinski definition) is 3. The minimum atomic E-state index is -0.0816. The van der Waals surface area contributed by atoms with Crippen LogP contribution in [0.5, 0.6) is 0 Å². The Morgan fingerprint density at radius 1 is 1.12 bits per heavy atom. The molecule has 0 atom stereocenters. The fourth-order valence-electron chi connectivity index (χ4n) is 2.65. The van der Waals surface area contributed by atoms with E-state index in [0.29, 0.717) is 24.2 Å². The number of fused-ring (bicyclic) bond motifs is 1. The molecule has 3 rings (SSSR count). The Morgan fingerprint density at radius 2 is 1.88 bits per heavy atom. The fraction of sp³-hybridized carbons (Fsp3) is 0.211. The summed E-state index contributed by atoms with van der Waals surface area (Å²) in [5.41, 5.74) is 3.53. The number of ketones is 1. The molecule has 0 saturated heterocycles.